The van der Waals surface area contributed by atoms with Gasteiger partial charge in [-0.2, -0.15) is 18.3 Å². The summed E-state index contributed by atoms with van der Waals surface area (Å²) in [5.74, 6) is 0.734. The standard InChI is InChI=1S/C12H12F3N3O2/c1-19-9-5-7(16)8(6-10(9)20-2)18-4-3-11(17-18)12(13,14)15/h3-6H,16H2,1-2H3. The maximum atomic E-state index is 12.5. The van der Waals surface area contributed by atoms with E-state index in [4.69, 9.17) is 15.2 Å². The molecule has 1 aromatic carbocycles. The van der Waals surface area contributed by atoms with E-state index >= 15 is 0 Å². The Morgan fingerprint density at radius 3 is 2.25 bits per heavy atom. The fourth-order valence-electron chi connectivity index (χ4n) is 1.69. The van der Waals surface area contributed by atoms with E-state index in [0.29, 0.717) is 11.5 Å². The number of rotatable bonds is 3. The predicted octanol–water partition coefficient (Wildman–Crippen LogP) is 2.49. The molecule has 0 aliphatic heterocycles. The number of ether oxygens (including phenoxy) is 2. The van der Waals surface area contributed by atoms with E-state index < -0.39 is 11.9 Å². The van der Waals surface area contributed by atoms with E-state index in [0.717, 1.165) is 10.7 Å². The highest BCUT2D eigenvalue weighted by molar-refractivity contribution is 5.65. The molecule has 0 bridgehead atoms. The fourth-order valence-corrected chi connectivity index (χ4v) is 1.69. The molecule has 0 saturated carbocycles. The van der Waals surface area contributed by atoms with Crippen molar-refractivity contribution >= 4 is 5.69 Å². The highest BCUT2D eigenvalue weighted by Gasteiger charge is 2.33. The molecule has 20 heavy (non-hydrogen) atoms. The smallest absolute Gasteiger partial charge is 0.435 e. The van der Waals surface area contributed by atoms with E-state index in [1.165, 1.54) is 32.5 Å². The molecule has 2 aromatic rings. The Morgan fingerprint density at radius 1 is 1.15 bits per heavy atom. The molecule has 1 aromatic heterocycles. The molecule has 0 atom stereocenters. The number of benzene rings is 1. The summed E-state index contributed by atoms with van der Waals surface area (Å²) in [7, 11) is 2.86. The van der Waals surface area contributed by atoms with Gasteiger partial charge < -0.3 is 15.2 Å². The molecule has 8 heteroatoms. The molecule has 108 valence electrons. The first-order chi connectivity index (χ1) is 9.36. The fraction of sp³-hybridized carbons (Fsp3) is 0.250. The maximum absolute atomic E-state index is 12.5. The van der Waals surface area contributed by atoms with Crippen LogP contribution in [0.1, 0.15) is 5.69 Å². The highest BCUT2D eigenvalue weighted by Crippen LogP contribution is 2.34. The van der Waals surface area contributed by atoms with Gasteiger partial charge in [-0.25, -0.2) is 4.68 Å². The van der Waals surface area contributed by atoms with Gasteiger partial charge in [0, 0.05) is 18.3 Å². The topological polar surface area (TPSA) is 62.3 Å². The zero-order valence-corrected chi connectivity index (χ0v) is 10.7. The van der Waals surface area contributed by atoms with Crippen molar-refractivity contribution in [3.8, 4) is 17.2 Å². The Kier molecular flexibility index (Phi) is 3.47. The van der Waals surface area contributed by atoms with E-state index in [2.05, 4.69) is 5.10 Å². The van der Waals surface area contributed by atoms with Gasteiger partial charge in [0.2, 0.25) is 0 Å². The van der Waals surface area contributed by atoms with Gasteiger partial charge in [0.25, 0.3) is 0 Å². The lowest BCUT2D eigenvalue weighted by Gasteiger charge is -2.12. The molecule has 0 aliphatic carbocycles. The van der Waals surface area contributed by atoms with Crippen LogP contribution in [0.15, 0.2) is 24.4 Å². The summed E-state index contributed by atoms with van der Waals surface area (Å²) in [6, 6.07) is 3.79. The number of anilines is 1. The molecule has 0 spiro atoms. The van der Waals surface area contributed by atoms with Gasteiger partial charge in [0.05, 0.1) is 25.6 Å². The molecule has 0 saturated heterocycles. The third-order valence-corrected chi connectivity index (χ3v) is 2.66. The average Bonchev–Trinajstić information content (AvgIpc) is 2.87. The summed E-state index contributed by atoms with van der Waals surface area (Å²) in [5.41, 5.74) is 5.30. The van der Waals surface area contributed by atoms with Gasteiger partial charge in [0.1, 0.15) is 0 Å². The minimum atomic E-state index is -4.50. The monoisotopic (exact) mass is 287 g/mol. The molecule has 2 rings (SSSR count). The summed E-state index contributed by atoms with van der Waals surface area (Å²) < 4.78 is 48.8. The van der Waals surface area contributed by atoms with Crippen molar-refractivity contribution in [2.75, 3.05) is 20.0 Å². The Labute approximate surface area is 112 Å². The van der Waals surface area contributed by atoms with Crippen molar-refractivity contribution in [3.63, 3.8) is 0 Å². The van der Waals surface area contributed by atoms with Crippen LogP contribution < -0.4 is 15.2 Å². The van der Waals surface area contributed by atoms with Crippen LogP contribution >= 0.6 is 0 Å². The van der Waals surface area contributed by atoms with Gasteiger partial charge in [0.15, 0.2) is 17.2 Å². The number of halogens is 3. The Balaban J connectivity index is 2.50. The molecule has 0 amide bonds. The number of alkyl halides is 3. The minimum Gasteiger partial charge on any atom is -0.493 e. The van der Waals surface area contributed by atoms with Gasteiger partial charge in [-0.3, -0.25) is 0 Å². The number of nitrogens with two attached hydrogens (primary N) is 1. The van der Waals surface area contributed by atoms with Crippen LogP contribution in [-0.4, -0.2) is 24.0 Å². The average molecular weight is 287 g/mol. The molecular weight excluding hydrogens is 275 g/mol. The van der Waals surface area contributed by atoms with Gasteiger partial charge in [-0.05, 0) is 6.07 Å². The zero-order valence-electron chi connectivity index (χ0n) is 10.7. The number of methoxy groups -OCH3 is 2. The largest absolute Gasteiger partial charge is 0.493 e. The first kappa shape index (κ1) is 14.0. The summed E-state index contributed by atoms with van der Waals surface area (Å²) in [4.78, 5) is 0. The number of hydrogen-bond acceptors (Lipinski definition) is 4. The lowest BCUT2D eigenvalue weighted by Crippen LogP contribution is -2.08. The van der Waals surface area contributed by atoms with E-state index in [1.54, 1.807) is 0 Å². The Bertz CT molecular complexity index is 623. The summed E-state index contributed by atoms with van der Waals surface area (Å²) in [6.45, 7) is 0. The predicted molar refractivity (Wildman–Crippen MR) is 66.1 cm³/mol. The molecule has 0 aliphatic rings. The zero-order chi connectivity index (χ0) is 14.9. The number of aromatic nitrogens is 2. The van der Waals surface area contributed by atoms with Crippen molar-refractivity contribution in [1.29, 1.82) is 0 Å². The third-order valence-electron chi connectivity index (χ3n) is 2.66. The molecule has 0 radical (unpaired) electrons. The second-order valence-electron chi connectivity index (χ2n) is 3.91. The lowest BCUT2D eigenvalue weighted by atomic mass is 10.2. The van der Waals surface area contributed by atoms with Crippen molar-refractivity contribution in [1.82, 2.24) is 9.78 Å². The van der Waals surface area contributed by atoms with Crippen LogP contribution in [0.5, 0.6) is 11.5 Å². The van der Waals surface area contributed by atoms with E-state index in [-0.39, 0.29) is 11.4 Å². The van der Waals surface area contributed by atoms with Crippen LogP contribution in [0.25, 0.3) is 5.69 Å². The summed E-state index contributed by atoms with van der Waals surface area (Å²) in [6.07, 6.45) is -3.32. The van der Waals surface area contributed by atoms with Crippen LogP contribution in [0.3, 0.4) is 0 Å². The van der Waals surface area contributed by atoms with Crippen molar-refractivity contribution in [3.05, 3.63) is 30.1 Å². The lowest BCUT2D eigenvalue weighted by molar-refractivity contribution is -0.141. The first-order valence-electron chi connectivity index (χ1n) is 5.51. The van der Waals surface area contributed by atoms with Crippen LogP contribution in [0.4, 0.5) is 18.9 Å². The third kappa shape index (κ3) is 2.49. The van der Waals surface area contributed by atoms with Gasteiger partial charge in [-0.1, -0.05) is 0 Å². The quantitative estimate of drug-likeness (QED) is 0.881. The Morgan fingerprint density at radius 2 is 1.75 bits per heavy atom. The number of nitrogens with zero attached hydrogens (tertiary/aromatic N) is 2. The minimum absolute atomic E-state index is 0.222. The Hall–Kier alpha value is -2.38. The van der Waals surface area contributed by atoms with E-state index in [9.17, 15) is 13.2 Å². The van der Waals surface area contributed by atoms with Crippen LogP contribution in [0, 0.1) is 0 Å². The molecule has 1 heterocycles. The maximum Gasteiger partial charge on any atom is 0.435 e. The highest BCUT2D eigenvalue weighted by atomic mass is 19.4. The van der Waals surface area contributed by atoms with Gasteiger partial charge in [-0.15, -0.1) is 0 Å². The molecule has 5 nitrogen and oxygen atoms in total. The second-order valence-corrected chi connectivity index (χ2v) is 3.91. The van der Waals surface area contributed by atoms with Crippen molar-refractivity contribution < 1.29 is 22.6 Å². The van der Waals surface area contributed by atoms with Crippen LogP contribution in [-0.2, 0) is 6.18 Å². The normalized spacial score (nSPS) is 11.4. The second kappa shape index (κ2) is 4.95. The van der Waals surface area contributed by atoms with E-state index in [1.807, 2.05) is 0 Å². The first-order valence-corrected chi connectivity index (χ1v) is 5.51. The molecule has 0 fully saturated rings. The number of hydrogen-bond donors (Lipinski definition) is 1. The molecular formula is C12H12F3N3O2. The van der Waals surface area contributed by atoms with Gasteiger partial charge >= 0.3 is 6.18 Å². The summed E-state index contributed by atoms with van der Waals surface area (Å²) >= 11 is 0. The number of nitrogen functional groups attached to an aromatic ring is 1. The van der Waals surface area contributed by atoms with Crippen LogP contribution in [0.2, 0.25) is 0 Å². The van der Waals surface area contributed by atoms with Crippen molar-refractivity contribution in [2.24, 2.45) is 0 Å². The molecule has 0 unspecified atom stereocenters. The molecule has 2 N–H and O–H groups in total. The SMILES string of the molecule is COc1cc(N)c(-n2ccc(C(F)(F)F)n2)cc1OC. The summed E-state index contributed by atoms with van der Waals surface area (Å²) in [5, 5.41) is 3.46. The van der Waals surface area contributed by atoms with Crippen molar-refractivity contribution in [2.45, 2.75) is 6.18 Å².